The average molecular weight is 425 g/mol. The van der Waals surface area contributed by atoms with Gasteiger partial charge in [0.1, 0.15) is 5.82 Å². The summed E-state index contributed by atoms with van der Waals surface area (Å²) in [5.74, 6) is -1.26. The fourth-order valence-corrected chi connectivity index (χ4v) is 5.49. The lowest BCUT2D eigenvalue weighted by Crippen LogP contribution is -2.53. The maximum absolute atomic E-state index is 13.5. The quantitative estimate of drug-likeness (QED) is 0.753. The Morgan fingerprint density at radius 3 is 2.45 bits per heavy atom. The third kappa shape index (κ3) is 4.43. The van der Waals surface area contributed by atoms with Crippen molar-refractivity contribution < 1.29 is 19.1 Å². The summed E-state index contributed by atoms with van der Waals surface area (Å²) in [5.41, 5.74) is 1.94. The van der Waals surface area contributed by atoms with Gasteiger partial charge in [0.05, 0.1) is 18.5 Å². The molecule has 6 heteroatoms. The van der Waals surface area contributed by atoms with E-state index in [-0.39, 0.29) is 42.2 Å². The zero-order valence-electron chi connectivity index (χ0n) is 17.8. The van der Waals surface area contributed by atoms with Crippen molar-refractivity contribution in [3.05, 3.63) is 66.0 Å². The molecular weight excluding hydrogens is 395 g/mol. The lowest BCUT2D eigenvalue weighted by molar-refractivity contribution is -0.142. The standard InChI is InChI=1S/C25H29FN2O3/c1-25(16-18-9-11-19(26)12-10-18)17-22-21(28(25)20-6-3-2-4-7-20)8-5-15-27(22)23(29)13-14-24(30)31/h2-4,6-7,9-12,21-22H,5,8,13-17H2,1H3,(H,30,31)/t21-,22-,25+/m0/s1. The van der Waals surface area contributed by atoms with Gasteiger partial charge in [0.25, 0.3) is 0 Å². The van der Waals surface area contributed by atoms with Gasteiger partial charge in [-0.05, 0) is 62.4 Å². The number of aliphatic carboxylic acids is 1. The summed E-state index contributed by atoms with van der Waals surface area (Å²) in [7, 11) is 0. The molecule has 2 aromatic rings. The van der Waals surface area contributed by atoms with E-state index < -0.39 is 5.97 Å². The van der Waals surface area contributed by atoms with Gasteiger partial charge in [0.2, 0.25) is 5.91 Å². The molecule has 0 spiro atoms. The number of rotatable bonds is 6. The topological polar surface area (TPSA) is 60.9 Å². The molecule has 2 aliphatic rings. The second-order valence-corrected chi connectivity index (χ2v) is 8.97. The van der Waals surface area contributed by atoms with Gasteiger partial charge in [-0.2, -0.15) is 0 Å². The molecule has 0 radical (unpaired) electrons. The van der Waals surface area contributed by atoms with Crippen LogP contribution in [0.15, 0.2) is 54.6 Å². The zero-order valence-corrected chi connectivity index (χ0v) is 17.8. The largest absolute Gasteiger partial charge is 0.481 e. The minimum absolute atomic E-state index is 0.0402. The zero-order chi connectivity index (χ0) is 22.0. The first kappa shape index (κ1) is 21.3. The van der Waals surface area contributed by atoms with Crippen molar-refractivity contribution in [2.45, 2.75) is 63.1 Å². The summed E-state index contributed by atoms with van der Waals surface area (Å²) in [5, 5.41) is 9.00. The highest BCUT2D eigenvalue weighted by molar-refractivity contribution is 5.81. The molecule has 3 atom stereocenters. The molecule has 164 valence electrons. The molecule has 0 saturated carbocycles. The number of halogens is 1. The predicted molar refractivity (Wildman–Crippen MR) is 117 cm³/mol. The summed E-state index contributed by atoms with van der Waals surface area (Å²) >= 11 is 0. The molecule has 4 rings (SSSR count). The number of carboxylic acid groups (broad SMARTS) is 1. The molecule has 0 aliphatic carbocycles. The Balaban J connectivity index is 1.66. The molecular formula is C25H29FN2O3. The first-order valence-corrected chi connectivity index (χ1v) is 11.0. The molecule has 2 fully saturated rings. The van der Waals surface area contributed by atoms with Crippen molar-refractivity contribution in [1.29, 1.82) is 0 Å². The second-order valence-electron chi connectivity index (χ2n) is 8.97. The first-order valence-electron chi connectivity index (χ1n) is 11.0. The Morgan fingerprint density at radius 2 is 1.77 bits per heavy atom. The number of carboxylic acids is 1. The van der Waals surface area contributed by atoms with Crippen LogP contribution in [0.4, 0.5) is 10.1 Å². The van der Waals surface area contributed by atoms with Gasteiger partial charge >= 0.3 is 5.97 Å². The van der Waals surface area contributed by atoms with Crippen LogP contribution in [-0.2, 0) is 16.0 Å². The number of amides is 1. The predicted octanol–water partition coefficient (Wildman–Crippen LogP) is 4.26. The minimum atomic E-state index is -0.944. The highest BCUT2D eigenvalue weighted by atomic mass is 19.1. The summed E-state index contributed by atoms with van der Waals surface area (Å²) in [6, 6.07) is 17.1. The molecule has 2 aliphatic heterocycles. The van der Waals surface area contributed by atoms with Crippen LogP contribution < -0.4 is 4.90 Å². The van der Waals surface area contributed by atoms with Crippen molar-refractivity contribution in [3.8, 4) is 0 Å². The van der Waals surface area contributed by atoms with E-state index in [9.17, 15) is 14.0 Å². The number of para-hydroxylation sites is 1. The van der Waals surface area contributed by atoms with Crippen molar-refractivity contribution >= 4 is 17.6 Å². The van der Waals surface area contributed by atoms with Crippen molar-refractivity contribution in [1.82, 2.24) is 4.90 Å². The average Bonchev–Trinajstić information content (AvgIpc) is 3.05. The Labute approximate surface area is 182 Å². The smallest absolute Gasteiger partial charge is 0.303 e. The van der Waals surface area contributed by atoms with Gasteiger partial charge in [-0.25, -0.2) is 4.39 Å². The lowest BCUT2D eigenvalue weighted by atomic mass is 9.87. The minimum Gasteiger partial charge on any atom is -0.481 e. The number of nitrogens with zero attached hydrogens (tertiary/aromatic N) is 2. The maximum atomic E-state index is 13.5. The van der Waals surface area contributed by atoms with Crippen molar-refractivity contribution in [3.63, 3.8) is 0 Å². The number of hydrogen-bond acceptors (Lipinski definition) is 3. The number of carbonyl (C=O) groups excluding carboxylic acids is 1. The van der Waals surface area contributed by atoms with Crippen LogP contribution in [0.25, 0.3) is 0 Å². The monoisotopic (exact) mass is 424 g/mol. The van der Waals surface area contributed by atoms with E-state index >= 15 is 0 Å². The third-order valence-electron chi connectivity index (χ3n) is 6.71. The highest BCUT2D eigenvalue weighted by Gasteiger charge is 2.52. The maximum Gasteiger partial charge on any atom is 0.303 e. The molecule has 2 heterocycles. The number of likely N-dealkylation sites (tertiary alicyclic amines) is 1. The van der Waals surface area contributed by atoms with E-state index in [2.05, 4.69) is 24.0 Å². The van der Waals surface area contributed by atoms with Crippen LogP contribution in [0, 0.1) is 5.82 Å². The lowest BCUT2D eigenvalue weighted by Gasteiger charge is -2.43. The molecule has 0 unspecified atom stereocenters. The van der Waals surface area contributed by atoms with E-state index in [0.29, 0.717) is 6.54 Å². The number of benzene rings is 2. The summed E-state index contributed by atoms with van der Waals surface area (Å²) < 4.78 is 13.5. The van der Waals surface area contributed by atoms with Crippen LogP contribution >= 0.6 is 0 Å². The molecule has 2 aromatic carbocycles. The molecule has 0 bridgehead atoms. The normalized spacial score (nSPS) is 25.4. The van der Waals surface area contributed by atoms with Crippen LogP contribution in [0.2, 0.25) is 0 Å². The molecule has 5 nitrogen and oxygen atoms in total. The van der Waals surface area contributed by atoms with E-state index in [1.165, 1.54) is 12.1 Å². The van der Waals surface area contributed by atoms with E-state index in [1.54, 1.807) is 0 Å². The van der Waals surface area contributed by atoms with Gasteiger partial charge in [-0.15, -0.1) is 0 Å². The van der Waals surface area contributed by atoms with Gasteiger partial charge in [0, 0.05) is 24.2 Å². The summed E-state index contributed by atoms with van der Waals surface area (Å²) in [6.07, 6.45) is 3.33. The first-order chi connectivity index (χ1) is 14.9. The fraction of sp³-hybridized carbons (Fsp3) is 0.440. The van der Waals surface area contributed by atoms with Gasteiger partial charge in [0.15, 0.2) is 0 Å². The second kappa shape index (κ2) is 8.69. The number of hydrogen-bond donors (Lipinski definition) is 1. The van der Waals surface area contributed by atoms with Crippen LogP contribution in [0.5, 0.6) is 0 Å². The van der Waals surface area contributed by atoms with Crippen LogP contribution in [-0.4, -0.2) is 46.1 Å². The van der Waals surface area contributed by atoms with Crippen molar-refractivity contribution in [2.24, 2.45) is 0 Å². The van der Waals surface area contributed by atoms with Crippen LogP contribution in [0.3, 0.4) is 0 Å². The number of carbonyl (C=O) groups is 2. The summed E-state index contributed by atoms with van der Waals surface area (Å²) in [6.45, 7) is 2.90. The van der Waals surface area contributed by atoms with Crippen molar-refractivity contribution in [2.75, 3.05) is 11.4 Å². The van der Waals surface area contributed by atoms with E-state index in [1.807, 2.05) is 35.2 Å². The molecule has 1 N–H and O–H groups in total. The van der Waals surface area contributed by atoms with E-state index in [4.69, 9.17) is 5.11 Å². The summed E-state index contributed by atoms with van der Waals surface area (Å²) in [4.78, 5) is 28.2. The van der Waals surface area contributed by atoms with Gasteiger partial charge in [-0.3, -0.25) is 9.59 Å². The van der Waals surface area contributed by atoms with Gasteiger partial charge < -0.3 is 14.9 Å². The Hall–Kier alpha value is -2.89. The highest BCUT2D eigenvalue weighted by Crippen LogP contribution is 2.45. The molecule has 1 amide bonds. The Morgan fingerprint density at radius 1 is 1.06 bits per heavy atom. The molecule has 31 heavy (non-hydrogen) atoms. The molecule has 0 aromatic heterocycles. The van der Waals surface area contributed by atoms with E-state index in [0.717, 1.165) is 36.9 Å². The van der Waals surface area contributed by atoms with Gasteiger partial charge in [-0.1, -0.05) is 30.3 Å². The number of anilines is 1. The Kier molecular flexibility index (Phi) is 5.99. The van der Waals surface area contributed by atoms with Crippen LogP contribution in [0.1, 0.15) is 44.6 Å². The number of fused-ring (bicyclic) bond motifs is 1. The third-order valence-corrected chi connectivity index (χ3v) is 6.71. The fourth-order valence-electron chi connectivity index (χ4n) is 5.49. The SMILES string of the molecule is C[C@@]1(Cc2ccc(F)cc2)C[C@H]2[C@H](CCCN2C(=O)CCC(=O)O)N1c1ccccc1. The Bertz CT molecular complexity index is 934. The molecule has 2 saturated heterocycles. The number of piperidine rings is 1.